The number of nitrogens with zero attached hydrogens (tertiary/aromatic N) is 1. The lowest BCUT2D eigenvalue weighted by Gasteiger charge is -2.22. The fourth-order valence-corrected chi connectivity index (χ4v) is 1.63. The molecule has 2 N–H and O–H groups in total. The lowest BCUT2D eigenvalue weighted by atomic mass is 10.0. The van der Waals surface area contributed by atoms with E-state index >= 15 is 0 Å². The number of nitrogens with two attached hydrogens (primary N) is 1. The molecule has 1 heterocycles. The van der Waals surface area contributed by atoms with Crippen molar-refractivity contribution in [1.82, 2.24) is 4.98 Å². The van der Waals surface area contributed by atoms with Crippen LogP contribution in [0.4, 0.5) is 0 Å². The van der Waals surface area contributed by atoms with Crippen molar-refractivity contribution in [2.45, 2.75) is 32.4 Å². The monoisotopic (exact) mass is 224 g/mol. The van der Waals surface area contributed by atoms with Gasteiger partial charge in [0.25, 0.3) is 0 Å². The third-order valence-electron chi connectivity index (χ3n) is 2.54. The van der Waals surface area contributed by atoms with Crippen molar-refractivity contribution < 1.29 is 9.47 Å². The molecule has 4 nitrogen and oxygen atoms in total. The SMILES string of the molecule is CCOC(CC)C(N)c1cncc(OC)c1. The molecule has 2 atom stereocenters. The lowest BCUT2D eigenvalue weighted by Crippen LogP contribution is -2.28. The Labute approximate surface area is 96.8 Å². The number of hydrogen-bond donors (Lipinski definition) is 1. The molecule has 90 valence electrons. The molecule has 0 aromatic carbocycles. The molecule has 4 heteroatoms. The van der Waals surface area contributed by atoms with Gasteiger partial charge in [0.15, 0.2) is 0 Å². The van der Waals surface area contributed by atoms with Gasteiger partial charge in [0, 0.05) is 12.8 Å². The van der Waals surface area contributed by atoms with Crippen LogP contribution in [-0.4, -0.2) is 24.8 Å². The van der Waals surface area contributed by atoms with Gasteiger partial charge >= 0.3 is 0 Å². The van der Waals surface area contributed by atoms with E-state index in [4.69, 9.17) is 15.2 Å². The van der Waals surface area contributed by atoms with Crippen LogP contribution in [-0.2, 0) is 4.74 Å². The van der Waals surface area contributed by atoms with Crippen LogP contribution in [0.2, 0.25) is 0 Å². The molecule has 1 aromatic rings. The minimum absolute atomic E-state index is 0.0268. The zero-order valence-corrected chi connectivity index (χ0v) is 10.1. The molecule has 1 rings (SSSR count). The van der Waals surface area contributed by atoms with Crippen LogP contribution in [0.1, 0.15) is 31.9 Å². The second-order valence-corrected chi connectivity index (χ2v) is 3.59. The van der Waals surface area contributed by atoms with Crippen LogP contribution < -0.4 is 10.5 Å². The van der Waals surface area contributed by atoms with Gasteiger partial charge in [-0.15, -0.1) is 0 Å². The average Bonchev–Trinajstić information content (AvgIpc) is 2.35. The number of aromatic nitrogens is 1. The van der Waals surface area contributed by atoms with Crippen LogP contribution in [0.5, 0.6) is 5.75 Å². The molecule has 0 amide bonds. The van der Waals surface area contributed by atoms with Gasteiger partial charge in [0.2, 0.25) is 0 Å². The normalized spacial score (nSPS) is 14.5. The molecule has 0 saturated heterocycles. The summed E-state index contributed by atoms with van der Waals surface area (Å²) in [5, 5.41) is 0. The summed E-state index contributed by atoms with van der Waals surface area (Å²) in [5.41, 5.74) is 7.08. The molecule has 16 heavy (non-hydrogen) atoms. The summed E-state index contributed by atoms with van der Waals surface area (Å²) in [6.45, 7) is 4.70. The Morgan fingerprint density at radius 2 is 2.12 bits per heavy atom. The summed E-state index contributed by atoms with van der Waals surface area (Å²) in [7, 11) is 1.62. The predicted molar refractivity (Wildman–Crippen MR) is 63.4 cm³/mol. The predicted octanol–water partition coefficient (Wildman–Crippen LogP) is 1.91. The quantitative estimate of drug-likeness (QED) is 0.802. The molecule has 0 aliphatic rings. The van der Waals surface area contributed by atoms with E-state index in [2.05, 4.69) is 11.9 Å². The summed E-state index contributed by atoms with van der Waals surface area (Å²) in [6.07, 6.45) is 4.33. The van der Waals surface area contributed by atoms with E-state index in [0.717, 1.165) is 17.7 Å². The van der Waals surface area contributed by atoms with Gasteiger partial charge in [-0.3, -0.25) is 4.98 Å². The highest BCUT2D eigenvalue weighted by Crippen LogP contribution is 2.21. The van der Waals surface area contributed by atoms with Crippen LogP contribution in [0, 0.1) is 0 Å². The third-order valence-corrected chi connectivity index (χ3v) is 2.54. The van der Waals surface area contributed by atoms with Crippen molar-refractivity contribution in [2.75, 3.05) is 13.7 Å². The average molecular weight is 224 g/mol. The fraction of sp³-hybridized carbons (Fsp3) is 0.583. The van der Waals surface area contributed by atoms with E-state index in [1.165, 1.54) is 0 Å². The standard InChI is InChI=1S/C12H20N2O2/c1-4-11(16-5-2)12(13)9-6-10(15-3)8-14-7-9/h6-8,11-12H,4-5,13H2,1-3H3. The Kier molecular flexibility index (Phi) is 5.22. The number of hydrogen-bond acceptors (Lipinski definition) is 4. The van der Waals surface area contributed by atoms with Crippen LogP contribution in [0.3, 0.4) is 0 Å². The summed E-state index contributed by atoms with van der Waals surface area (Å²) in [6, 6.07) is 1.74. The van der Waals surface area contributed by atoms with Gasteiger partial charge < -0.3 is 15.2 Å². The molecule has 1 aromatic heterocycles. The van der Waals surface area contributed by atoms with Crippen molar-refractivity contribution in [3.8, 4) is 5.75 Å². The largest absolute Gasteiger partial charge is 0.495 e. The number of pyridine rings is 1. The van der Waals surface area contributed by atoms with Crippen molar-refractivity contribution in [1.29, 1.82) is 0 Å². The molecule has 2 unspecified atom stereocenters. The number of methoxy groups -OCH3 is 1. The van der Waals surface area contributed by atoms with Gasteiger partial charge in [-0.1, -0.05) is 6.92 Å². The second kappa shape index (κ2) is 6.45. The van der Waals surface area contributed by atoms with Crippen LogP contribution in [0.25, 0.3) is 0 Å². The molecule has 0 aliphatic carbocycles. The van der Waals surface area contributed by atoms with Gasteiger partial charge in [0.1, 0.15) is 5.75 Å². The van der Waals surface area contributed by atoms with E-state index in [1.807, 2.05) is 13.0 Å². The molecule has 0 fully saturated rings. The second-order valence-electron chi connectivity index (χ2n) is 3.59. The Morgan fingerprint density at radius 3 is 2.69 bits per heavy atom. The Bertz CT molecular complexity index is 318. The molecule has 0 aliphatic heterocycles. The minimum Gasteiger partial charge on any atom is -0.495 e. The van der Waals surface area contributed by atoms with Gasteiger partial charge in [-0.25, -0.2) is 0 Å². The highest BCUT2D eigenvalue weighted by molar-refractivity contribution is 5.26. The maximum Gasteiger partial charge on any atom is 0.137 e. The molecular formula is C12H20N2O2. The molecule has 0 radical (unpaired) electrons. The van der Waals surface area contributed by atoms with E-state index in [-0.39, 0.29) is 12.1 Å². The van der Waals surface area contributed by atoms with Gasteiger partial charge in [-0.05, 0) is 25.0 Å². The van der Waals surface area contributed by atoms with Crippen LogP contribution in [0.15, 0.2) is 18.5 Å². The lowest BCUT2D eigenvalue weighted by molar-refractivity contribution is 0.0412. The van der Waals surface area contributed by atoms with Crippen molar-refractivity contribution in [2.24, 2.45) is 5.73 Å². The minimum atomic E-state index is -0.160. The zero-order valence-electron chi connectivity index (χ0n) is 10.1. The number of rotatable bonds is 6. The Hall–Kier alpha value is -1.13. The number of ether oxygens (including phenoxy) is 2. The van der Waals surface area contributed by atoms with E-state index in [0.29, 0.717) is 6.61 Å². The van der Waals surface area contributed by atoms with E-state index in [9.17, 15) is 0 Å². The van der Waals surface area contributed by atoms with E-state index in [1.54, 1.807) is 19.5 Å². The highest BCUT2D eigenvalue weighted by atomic mass is 16.5. The maximum atomic E-state index is 6.14. The Balaban J connectivity index is 2.80. The molecule has 0 bridgehead atoms. The first-order valence-corrected chi connectivity index (χ1v) is 5.59. The highest BCUT2D eigenvalue weighted by Gasteiger charge is 2.18. The fourth-order valence-electron chi connectivity index (χ4n) is 1.63. The summed E-state index contributed by atoms with van der Waals surface area (Å²) in [5.74, 6) is 0.722. The molecular weight excluding hydrogens is 204 g/mol. The molecule has 0 spiro atoms. The maximum absolute atomic E-state index is 6.14. The third kappa shape index (κ3) is 3.18. The van der Waals surface area contributed by atoms with E-state index < -0.39 is 0 Å². The van der Waals surface area contributed by atoms with Gasteiger partial charge in [-0.2, -0.15) is 0 Å². The topological polar surface area (TPSA) is 57.4 Å². The first kappa shape index (κ1) is 12.9. The Morgan fingerprint density at radius 1 is 1.38 bits per heavy atom. The zero-order chi connectivity index (χ0) is 12.0. The summed E-state index contributed by atoms with van der Waals surface area (Å²) < 4.78 is 10.7. The van der Waals surface area contributed by atoms with Crippen molar-refractivity contribution in [3.05, 3.63) is 24.0 Å². The first-order chi connectivity index (χ1) is 7.72. The van der Waals surface area contributed by atoms with Crippen molar-refractivity contribution in [3.63, 3.8) is 0 Å². The smallest absolute Gasteiger partial charge is 0.137 e. The first-order valence-electron chi connectivity index (χ1n) is 5.59. The molecule has 0 saturated carbocycles. The van der Waals surface area contributed by atoms with Gasteiger partial charge in [0.05, 0.1) is 25.5 Å². The van der Waals surface area contributed by atoms with Crippen LogP contribution >= 0.6 is 0 Å². The van der Waals surface area contributed by atoms with Crippen molar-refractivity contribution >= 4 is 0 Å². The summed E-state index contributed by atoms with van der Waals surface area (Å²) in [4.78, 5) is 4.09. The summed E-state index contributed by atoms with van der Waals surface area (Å²) >= 11 is 0.